The monoisotopic (exact) mass is 361 g/mol. The number of benzene rings is 2. The molecule has 138 valence electrons. The Bertz CT molecular complexity index is 845. The quantitative estimate of drug-likeness (QED) is 0.596. The van der Waals surface area contributed by atoms with Crippen LogP contribution < -0.4 is 4.74 Å². The van der Waals surface area contributed by atoms with E-state index in [0.717, 1.165) is 28.0 Å². The number of aryl methyl sites for hydroxylation is 3. The zero-order valence-electron chi connectivity index (χ0n) is 15.8. The van der Waals surface area contributed by atoms with Crippen molar-refractivity contribution in [3.8, 4) is 5.75 Å². The van der Waals surface area contributed by atoms with Crippen molar-refractivity contribution in [2.75, 3.05) is 6.61 Å². The average Bonchev–Trinajstić information content (AvgIpc) is 2.66. The molecular formula is C23H23NO3. The Kier molecular flexibility index (Phi) is 5.87. The van der Waals surface area contributed by atoms with E-state index in [-0.39, 0.29) is 6.61 Å². The number of hydrogen-bond acceptors (Lipinski definition) is 4. The Labute approximate surface area is 159 Å². The summed E-state index contributed by atoms with van der Waals surface area (Å²) >= 11 is 0. The maximum atomic E-state index is 12.5. The molecule has 2 aromatic carbocycles. The maximum absolute atomic E-state index is 12.5. The molecule has 0 saturated carbocycles. The molecule has 3 rings (SSSR count). The number of pyridine rings is 1. The van der Waals surface area contributed by atoms with Gasteiger partial charge in [-0.2, -0.15) is 0 Å². The molecule has 0 aliphatic rings. The molecule has 0 N–H and O–H groups in total. The molecule has 0 amide bonds. The predicted octanol–water partition coefficient (Wildman–Crippen LogP) is 4.72. The molecule has 1 heterocycles. The predicted molar refractivity (Wildman–Crippen MR) is 105 cm³/mol. The van der Waals surface area contributed by atoms with Crippen LogP contribution in [0.1, 0.15) is 33.9 Å². The van der Waals surface area contributed by atoms with E-state index in [1.807, 2.05) is 75.4 Å². The van der Waals surface area contributed by atoms with Gasteiger partial charge in [0.15, 0.2) is 12.7 Å². The summed E-state index contributed by atoms with van der Waals surface area (Å²) in [5.74, 6) is 0.317. The molecule has 0 saturated heterocycles. The highest BCUT2D eigenvalue weighted by molar-refractivity contribution is 5.72. The second kappa shape index (κ2) is 8.49. The van der Waals surface area contributed by atoms with Crippen LogP contribution in [0.4, 0.5) is 0 Å². The minimum Gasteiger partial charge on any atom is -0.481 e. The second-order valence-electron chi connectivity index (χ2n) is 6.58. The fraction of sp³-hybridized carbons (Fsp3) is 0.217. The first-order valence-corrected chi connectivity index (χ1v) is 8.89. The lowest BCUT2D eigenvalue weighted by atomic mass is 10.0. The summed E-state index contributed by atoms with van der Waals surface area (Å²) in [4.78, 5) is 16.5. The van der Waals surface area contributed by atoms with Gasteiger partial charge in [0.25, 0.3) is 0 Å². The summed E-state index contributed by atoms with van der Waals surface area (Å²) in [5.41, 5.74) is 4.96. The van der Waals surface area contributed by atoms with E-state index < -0.39 is 12.1 Å². The van der Waals surface area contributed by atoms with Crippen molar-refractivity contribution >= 4 is 5.97 Å². The fourth-order valence-electron chi connectivity index (χ4n) is 3.19. The average molecular weight is 361 g/mol. The van der Waals surface area contributed by atoms with Crippen molar-refractivity contribution in [1.29, 1.82) is 0 Å². The molecule has 0 aliphatic carbocycles. The molecular weight excluding hydrogens is 338 g/mol. The summed E-state index contributed by atoms with van der Waals surface area (Å²) in [6, 6.07) is 17.4. The Hall–Kier alpha value is -3.14. The SMILES string of the molecule is Cc1cc(C)c(OCC(=O)OC(c2ccccc2)c2ccncc2)c(C)c1. The summed E-state index contributed by atoms with van der Waals surface area (Å²) < 4.78 is 11.5. The van der Waals surface area contributed by atoms with E-state index in [1.165, 1.54) is 5.56 Å². The Morgan fingerprint density at radius 3 is 2.15 bits per heavy atom. The molecule has 0 fully saturated rings. The molecule has 0 aliphatic heterocycles. The van der Waals surface area contributed by atoms with Crippen molar-refractivity contribution < 1.29 is 14.3 Å². The van der Waals surface area contributed by atoms with Crippen LogP contribution in [0.15, 0.2) is 67.0 Å². The Morgan fingerprint density at radius 2 is 1.52 bits per heavy atom. The Balaban J connectivity index is 1.74. The van der Waals surface area contributed by atoms with Gasteiger partial charge in [-0.3, -0.25) is 4.98 Å². The van der Waals surface area contributed by atoms with E-state index >= 15 is 0 Å². The number of rotatable bonds is 6. The zero-order valence-corrected chi connectivity index (χ0v) is 15.8. The van der Waals surface area contributed by atoms with Crippen LogP contribution in [-0.2, 0) is 9.53 Å². The Morgan fingerprint density at radius 1 is 0.926 bits per heavy atom. The highest BCUT2D eigenvalue weighted by atomic mass is 16.6. The first-order valence-electron chi connectivity index (χ1n) is 8.89. The summed E-state index contributed by atoms with van der Waals surface area (Å²) in [7, 11) is 0. The van der Waals surface area contributed by atoms with Crippen LogP contribution in [0.25, 0.3) is 0 Å². The second-order valence-corrected chi connectivity index (χ2v) is 6.58. The van der Waals surface area contributed by atoms with Gasteiger partial charge >= 0.3 is 5.97 Å². The van der Waals surface area contributed by atoms with Crippen molar-refractivity contribution in [1.82, 2.24) is 4.98 Å². The molecule has 4 nitrogen and oxygen atoms in total. The first-order chi connectivity index (χ1) is 13.0. The summed E-state index contributed by atoms with van der Waals surface area (Å²) in [6.45, 7) is 5.85. The molecule has 1 aromatic heterocycles. The van der Waals surface area contributed by atoms with Gasteiger partial charge in [0.2, 0.25) is 0 Å². The summed E-state index contributed by atoms with van der Waals surface area (Å²) in [6.07, 6.45) is 2.88. The van der Waals surface area contributed by atoms with E-state index in [0.29, 0.717) is 0 Å². The van der Waals surface area contributed by atoms with Gasteiger partial charge in [-0.05, 0) is 49.6 Å². The third-order valence-electron chi connectivity index (χ3n) is 4.30. The fourth-order valence-corrected chi connectivity index (χ4v) is 3.19. The van der Waals surface area contributed by atoms with E-state index in [2.05, 4.69) is 4.98 Å². The number of carbonyl (C=O) groups is 1. The molecule has 0 spiro atoms. The van der Waals surface area contributed by atoms with E-state index in [1.54, 1.807) is 12.4 Å². The number of nitrogens with zero attached hydrogens (tertiary/aromatic N) is 1. The molecule has 4 heteroatoms. The standard InChI is InChI=1S/C23H23NO3/c1-16-13-17(2)22(18(3)14-16)26-15-21(25)27-23(19-7-5-4-6-8-19)20-9-11-24-12-10-20/h4-14,23H,15H2,1-3H3. The van der Waals surface area contributed by atoms with Gasteiger partial charge in [0, 0.05) is 18.0 Å². The smallest absolute Gasteiger partial charge is 0.345 e. The van der Waals surface area contributed by atoms with Crippen molar-refractivity contribution in [3.63, 3.8) is 0 Å². The zero-order chi connectivity index (χ0) is 19.2. The molecule has 27 heavy (non-hydrogen) atoms. The molecule has 3 aromatic rings. The van der Waals surface area contributed by atoms with Crippen molar-refractivity contribution in [2.45, 2.75) is 26.9 Å². The normalized spacial score (nSPS) is 11.7. The number of ether oxygens (including phenoxy) is 2. The third-order valence-corrected chi connectivity index (χ3v) is 4.30. The molecule has 0 radical (unpaired) electrons. The molecule has 1 atom stereocenters. The van der Waals surface area contributed by atoms with Crippen LogP contribution in [-0.4, -0.2) is 17.6 Å². The number of aromatic nitrogens is 1. The number of hydrogen-bond donors (Lipinski definition) is 0. The number of esters is 1. The van der Waals surface area contributed by atoms with E-state index in [9.17, 15) is 4.79 Å². The van der Waals surface area contributed by atoms with Crippen LogP contribution in [0.3, 0.4) is 0 Å². The first kappa shape index (κ1) is 18.6. The van der Waals surface area contributed by atoms with Gasteiger partial charge in [0.1, 0.15) is 5.75 Å². The lowest BCUT2D eigenvalue weighted by Gasteiger charge is -2.19. The lowest BCUT2D eigenvalue weighted by Crippen LogP contribution is -2.19. The molecule has 1 unspecified atom stereocenters. The lowest BCUT2D eigenvalue weighted by molar-refractivity contribution is -0.150. The largest absolute Gasteiger partial charge is 0.481 e. The van der Waals surface area contributed by atoms with Crippen molar-refractivity contribution in [3.05, 3.63) is 94.8 Å². The van der Waals surface area contributed by atoms with Crippen LogP contribution in [0, 0.1) is 20.8 Å². The highest BCUT2D eigenvalue weighted by Crippen LogP contribution is 2.27. The minimum atomic E-state index is -0.495. The third kappa shape index (κ3) is 4.73. The maximum Gasteiger partial charge on any atom is 0.345 e. The van der Waals surface area contributed by atoms with Gasteiger partial charge in [0.05, 0.1) is 0 Å². The molecule has 0 bridgehead atoms. The van der Waals surface area contributed by atoms with Crippen molar-refractivity contribution in [2.24, 2.45) is 0 Å². The number of carbonyl (C=O) groups excluding carboxylic acids is 1. The van der Waals surface area contributed by atoms with Gasteiger partial charge in [-0.1, -0.05) is 48.0 Å². The minimum absolute atomic E-state index is 0.140. The van der Waals surface area contributed by atoms with E-state index in [4.69, 9.17) is 9.47 Å². The summed E-state index contributed by atoms with van der Waals surface area (Å²) in [5, 5.41) is 0. The van der Waals surface area contributed by atoms with Crippen LogP contribution >= 0.6 is 0 Å². The van der Waals surface area contributed by atoms with Crippen LogP contribution in [0.2, 0.25) is 0 Å². The van der Waals surface area contributed by atoms with Gasteiger partial charge in [-0.15, -0.1) is 0 Å². The van der Waals surface area contributed by atoms with Crippen LogP contribution in [0.5, 0.6) is 5.75 Å². The van der Waals surface area contributed by atoms with Gasteiger partial charge < -0.3 is 9.47 Å². The topological polar surface area (TPSA) is 48.4 Å². The highest BCUT2D eigenvalue weighted by Gasteiger charge is 2.19. The van der Waals surface area contributed by atoms with Gasteiger partial charge in [-0.25, -0.2) is 4.79 Å².